The van der Waals surface area contributed by atoms with Gasteiger partial charge < -0.3 is 9.72 Å². The topological polar surface area (TPSA) is 59.2 Å². The first-order valence-corrected chi connectivity index (χ1v) is 7.90. The number of H-pyrrole nitrogens is 1. The van der Waals surface area contributed by atoms with Crippen LogP contribution in [0, 0.1) is 0 Å². The molecule has 1 N–H and O–H groups in total. The number of Topliss-reactive ketones (excluding diaryl/α,β-unsaturated/α-hetero) is 1. The van der Waals surface area contributed by atoms with Crippen LogP contribution in [0.4, 0.5) is 0 Å². The lowest BCUT2D eigenvalue weighted by atomic mass is 10.0. The van der Waals surface area contributed by atoms with Crippen molar-refractivity contribution < 1.29 is 14.3 Å². The maximum absolute atomic E-state index is 12.7. The lowest BCUT2D eigenvalue weighted by Crippen LogP contribution is -2.16. The van der Waals surface area contributed by atoms with Crippen molar-refractivity contribution in [1.29, 1.82) is 0 Å². The molecule has 0 bridgehead atoms. The number of aromatic nitrogens is 1. The fraction of sp³-hybridized carbons (Fsp3) is 0.0476. The molecule has 0 saturated heterocycles. The van der Waals surface area contributed by atoms with Crippen LogP contribution in [-0.2, 0) is 16.1 Å². The van der Waals surface area contributed by atoms with Gasteiger partial charge >= 0.3 is 5.97 Å². The Hall–Kier alpha value is -3.40. The van der Waals surface area contributed by atoms with E-state index in [1.807, 2.05) is 60.7 Å². The highest BCUT2D eigenvalue weighted by atomic mass is 16.5. The molecule has 0 aliphatic rings. The first-order chi connectivity index (χ1) is 12.2. The van der Waals surface area contributed by atoms with E-state index in [-0.39, 0.29) is 12.2 Å². The summed E-state index contributed by atoms with van der Waals surface area (Å²) in [7, 11) is 0. The Labute approximate surface area is 145 Å². The molecule has 0 unspecified atom stereocenters. The smallest absolute Gasteiger partial charge is 0.342 e. The number of rotatable bonds is 6. The van der Waals surface area contributed by atoms with Crippen molar-refractivity contribution in [2.75, 3.05) is 0 Å². The zero-order valence-corrected chi connectivity index (χ0v) is 13.5. The third-order valence-electron chi connectivity index (χ3n) is 3.63. The van der Waals surface area contributed by atoms with E-state index in [0.29, 0.717) is 5.69 Å². The quantitative estimate of drug-likeness (QED) is 0.244. The van der Waals surface area contributed by atoms with E-state index in [0.717, 1.165) is 11.1 Å². The molecule has 3 aromatic rings. The van der Waals surface area contributed by atoms with E-state index < -0.39 is 11.8 Å². The summed E-state index contributed by atoms with van der Waals surface area (Å²) in [6.45, 7) is 0.115. The van der Waals surface area contributed by atoms with E-state index in [2.05, 4.69) is 4.98 Å². The summed E-state index contributed by atoms with van der Waals surface area (Å²) in [6, 6.07) is 21.9. The molecule has 0 aliphatic heterocycles. The van der Waals surface area contributed by atoms with Gasteiger partial charge in [0.1, 0.15) is 12.2 Å². The highest BCUT2D eigenvalue weighted by molar-refractivity contribution is 6.26. The summed E-state index contributed by atoms with van der Waals surface area (Å²) < 4.78 is 5.34. The molecule has 2 aromatic carbocycles. The van der Waals surface area contributed by atoms with Crippen LogP contribution in [0.3, 0.4) is 0 Å². The first-order valence-electron chi connectivity index (χ1n) is 7.90. The van der Waals surface area contributed by atoms with Crippen LogP contribution in [0.2, 0.25) is 0 Å². The molecular weight excluding hydrogens is 314 g/mol. The Morgan fingerprint density at radius 3 is 2.20 bits per heavy atom. The molecular formula is C21H17NO3. The number of ketones is 1. The fourth-order valence-corrected chi connectivity index (χ4v) is 2.35. The van der Waals surface area contributed by atoms with E-state index in [4.69, 9.17) is 4.74 Å². The van der Waals surface area contributed by atoms with Gasteiger partial charge in [0, 0.05) is 6.20 Å². The zero-order valence-electron chi connectivity index (χ0n) is 13.5. The molecule has 1 heterocycles. The summed E-state index contributed by atoms with van der Waals surface area (Å²) >= 11 is 0. The van der Waals surface area contributed by atoms with Gasteiger partial charge in [-0.2, -0.15) is 0 Å². The summed E-state index contributed by atoms with van der Waals surface area (Å²) in [5.41, 5.74) is 1.96. The molecule has 0 saturated carbocycles. The Morgan fingerprint density at radius 2 is 1.56 bits per heavy atom. The molecule has 0 atom stereocenters. The van der Waals surface area contributed by atoms with Crippen LogP contribution in [0.25, 0.3) is 6.08 Å². The van der Waals surface area contributed by atoms with Crippen LogP contribution in [0.15, 0.2) is 84.6 Å². The number of carbonyl (C=O) groups excluding carboxylic acids is 2. The molecule has 0 fully saturated rings. The molecule has 0 radical (unpaired) electrons. The summed E-state index contributed by atoms with van der Waals surface area (Å²) in [6.07, 6.45) is 3.19. The van der Waals surface area contributed by atoms with E-state index in [9.17, 15) is 9.59 Å². The number of hydrogen-bond donors (Lipinski definition) is 1. The second kappa shape index (κ2) is 7.93. The predicted octanol–water partition coefficient (Wildman–Crippen LogP) is 4.02. The van der Waals surface area contributed by atoms with Crippen LogP contribution in [0.1, 0.15) is 21.6 Å². The maximum Gasteiger partial charge on any atom is 0.342 e. The lowest BCUT2D eigenvalue weighted by Gasteiger charge is -2.08. The minimum absolute atomic E-state index is 0.00965. The highest BCUT2D eigenvalue weighted by Gasteiger charge is 2.22. The Bertz CT molecular complexity index is 866. The van der Waals surface area contributed by atoms with E-state index in [1.165, 1.54) is 0 Å². The average Bonchev–Trinajstić information content (AvgIpc) is 3.20. The average molecular weight is 331 g/mol. The lowest BCUT2D eigenvalue weighted by molar-refractivity contribution is -0.139. The number of ether oxygens (including phenoxy) is 1. The third kappa shape index (κ3) is 4.32. The van der Waals surface area contributed by atoms with Gasteiger partial charge in [-0.1, -0.05) is 60.7 Å². The minimum atomic E-state index is -0.646. The van der Waals surface area contributed by atoms with Gasteiger partial charge in [-0.3, -0.25) is 4.79 Å². The van der Waals surface area contributed by atoms with Crippen LogP contribution in [-0.4, -0.2) is 16.7 Å². The van der Waals surface area contributed by atoms with E-state index in [1.54, 1.807) is 24.4 Å². The van der Waals surface area contributed by atoms with Crippen molar-refractivity contribution in [2.24, 2.45) is 0 Å². The van der Waals surface area contributed by atoms with Crippen LogP contribution in [0.5, 0.6) is 0 Å². The first kappa shape index (κ1) is 16.5. The third-order valence-corrected chi connectivity index (χ3v) is 3.63. The zero-order chi connectivity index (χ0) is 17.5. The standard InChI is InChI=1S/C21H17NO3/c23-20(19-12-7-13-22-19)18(14-16-8-3-1-4-9-16)21(24)25-15-17-10-5-2-6-11-17/h1-14,22H,15H2/b18-14+. The van der Waals surface area contributed by atoms with Crippen LogP contribution < -0.4 is 0 Å². The SMILES string of the molecule is O=C(OCc1ccccc1)/C(=C/c1ccccc1)C(=O)c1ccc[nH]1. The molecule has 4 heteroatoms. The van der Waals surface area contributed by atoms with Crippen molar-refractivity contribution in [2.45, 2.75) is 6.61 Å². The van der Waals surface area contributed by atoms with Gasteiger partial charge in [-0.15, -0.1) is 0 Å². The van der Waals surface area contributed by atoms with Gasteiger partial charge in [-0.25, -0.2) is 4.79 Å². The fourth-order valence-electron chi connectivity index (χ4n) is 2.35. The second-order valence-corrected chi connectivity index (χ2v) is 5.44. The molecule has 124 valence electrons. The summed E-state index contributed by atoms with van der Waals surface area (Å²) in [5.74, 6) is -1.04. The number of esters is 1. The molecule has 0 aliphatic carbocycles. The van der Waals surface area contributed by atoms with Gasteiger partial charge in [0.15, 0.2) is 0 Å². The Morgan fingerprint density at radius 1 is 0.880 bits per heavy atom. The van der Waals surface area contributed by atoms with E-state index >= 15 is 0 Å². The minimum Gasteiger partial charge on any atom is -0.457 e. The maximum atomic E-state index is 12.7. The summed E-state index contributed by atoms with van der Waals surface area (Å²) in [5, 5.41) is 0. The van der Waals surface area contributed by atoms with Crippen LogP contribution >= 0.6 is 0 Å². The highest BCUT2D eigenvalue weighted by Crippen LogP contribution is 2.15. The molecule has 1 aromatic heterocycles. The molecule has 0 amide bonds. The number of carbonyl (C=O) groups is 2. The predicted molar refractivity (Wildman–Crippen MR) is 95.8 cm³/mol. The molecule has 3 rings (SSSR count). The molecule has 0 spiro atoms. The monoisotopic (exact) mass is 331 g/mol. The Balaban J connectivity index is 1.84. The van der Waals surface area contributed by atoms with Crippen molar-refractivity contribution in [1.82, 2.24) is 4.98 Å². The Kier molecular flexibility index (Phi) is 5.22. The number of hydrogen-bond acceptors (Lipinski definition) is 3. The van der Waals surface area contributed by atoms with Crippen molar-refractivity contribution in [3.05, 3.63) is 101 Å². The van der Waals surface area contributed by atoms with Gasteiger partial charge in [-0.05, 0) is 29.3 Å². The largest absolute Gasteiger partial charge is 0.457 e. The van der Waals surface area contributed by atoms with Crippen molar-refractivity contribution >= 4 is 17.8 Å². The number of benzene rings is 2. The number of nitrogens with one attached hydrogen (secondary N) is 1. The summed E-state index contributed by atoms with van der Waals surface area (Å²) in [4.78, 5) is 28.0. The second-order valence-electron chi connectivity index (χ2n) is 5.44. The van der Waals surface area contributed by atoms with Crippen molar-refractivity contribution in [3.8, 4) is 0 Å². The normalized spacial score (nSPS) is 11.1. The number of aromatic amines is 1. The van der Waals surface area contributed by atoms with Gasteiger partial charge in [0.2, 0.25) is 5.78 Å². The van der Waals surface area contributed by atoms with Gasteiger partial charge in [0.05, 0.1) is 5.69 Å². The van der Waals surface area contributed by atoms with Gasteiger partial charge in [0.25, 0.3) is 0 Å². The molecule has 4 nitrogen and oxygen atoms in total. The molecule has 25 heavy (non-hydrogen) atoms. The van der Waals surface area contributed by atoms with Crippen molar-refractivity contribution in [3.63, 3.8) is 0 Å².